The summed E-state index contributed by atoms with van der Waals surface area (Å²) >= 11 is 0. The van der Waals surface area contributed by atoms with E-state index in [1.165, 1.54) is 16.5 Å². The molecule has 1 aromatic heterocycles. The van der Waals surface area contributed by atoms with E-state index in [1.807, 2.05) is 24.3 Å². The number of aromatic amines is 1. The number of H-pyrrole nitrogens is 1. The molecule has 0 aliphatic rings. The molecule has 1 heterocycles. The Morgan fingerprint density at radius 2 is 1.68 bits per heavy atom. The quantitative estimate of drug-likeness (QED) is 0.531. The molecule has 0 aliphatic heterocycles. The SMILES string of the molecule is F[B-](F)(F)F.[NH3+]CCc1c[nH]c2ccc(OCc3ccccc3)cc12. The molecule has 2 aromatic carbocycles. The number of nitrogens with one attached hydrogen (secondary N) is 1. The molecule has 25 heavy (non-hydrogen) atoms. The van der Waals surface area contributed by atoms with Crippen molar-refractivity contribution in [2.24, 2.45) is 0 Å². The van der Waals surface area contributed by atoms with E-state index in [2.05, 4.69) is 41.2 Å². The van der Waals surface area contributed by atoms with Gasteiger partial charge in [0.2, 0.25) is 0 Å². The van der Waals surface area contributed by atoms with Crippen LogP contribution in [-0.2, 0) is 13.0 Å². The van der Waals surface area contributed by atoms with E-state index in [4.69, 9.17) is 4.74 Å². The molecule has 0 spiro atoms. The first-order chi connectivity index (χ1) is 11.9. The Hall–Kier alpha value is -2.48. The van der Waals surface area contributed by atoms with E-state index < -0.39 is 7.25 Å². The Labute approximate surface area is 142 Å². The maximum atomic E-state index is 9.75. The van der Waals surface area contributed by atoms with Crippen molar-refractivity contribution >= 4 is 18.2 Å². The van der Waals surface area contributed by atoms with Gasteiger partial charge in [-0.15, -0.1) is 0 Å². The van der Waals surface area contributed by atoms with Gasteiger partial charge in [-0.05, 0) is 29.3 Å². The topological polar surface area (TPSA) is 52.7 Å². The molecule has 4 N–H and O–H groups in total. The zero-order chi connectivity index (χ0) is 18.3. The van der Waals surface area contributed by atoms with Gasteiger partial charge in [0, 0.05) is 23.5 Å². The third-order valence-electron chi connectivity index (χ3n) is 3.43. The molecule has 0 aliphatic carbocycles. The highest BCUT2D eigenvalue weighted by molar-refractivity contribution is 6.50. The number of rotatable bonds is 5. The van der Waals surface area contributed by atoms with Gasteiger partial charge in [0.15, 0.2) is 0 Å². The molecule has 8 heteroatoms. The summed E-state index contributed by atoms with van der Waals surface area (Å²) in [7, 11) is -6.00. The third-order valence-corrected chi connectivity index (χ3v) is 3.43. The van der Waals surface area contributed by atoms with Crippen molar-refractivity contribution in [2.45, 2.75) is 13.0 Å². The Morgan fingerprint density at radius 3 is 2.32 bits per heavy atom. The summed E-state index contributed by atoms with van der Waals surface area (Å²) in [4.78, 5) is 3.29. The van der Waals surface area contributed by atoms with Crippen LogP contribution in [0, 0.1) is 0 Å². The molecule has 0 fully saturated rings. The fourth-order valence-corrected chi connectivity index (χ4v) is 2.39. The average molecular weight is 354 g/mol. The summed E-state index contributed by atoms with van der Waals surface area (Å²) in [6, 6.07) is 16.4. The molecule has 0 saturated carbocycles. The van der Waals surface area contributed by atoms with Crippen LogP contribution in [0.1, 0.15) is 11.1 Å². The van der Waals surface area contributed by atoms with Crippen molar-refractivity contribution in [1.29, 1.82) is 0 Å². The molecule has 0 unspecified atom stereocenters. The van der Waals surface area contributed by atoms with Crippen molar-refractivity contribution in [3.05, 3.63) is 65.9 Å². The van der Waals surface area contributed by atoms with Crippen LogP contribution < -0.4 is 10.5 Å². The maximum absolute atomic E-state index is 9.75. The van der Waals surface area contributed by atoms with Gasteiger partial charge in [-0.1, -0.05) is 30.3 Å². The zero-order valence-electron chi connectivity index (χ0n) is 13.5. The minimum Gasteiger partial charge on any atom is -0.489 e. The highest BCUT2D eigenvalue weighted by Gasteiger charge is 2.20. The zero-order valence-corrected chi connectivity index (χ0v) is 13.5. The second kappa shape index (κ2) is 8.57. The summed E-state index contributed by atoms with van der Waals surface area (Å²) in [5, 5.41) is 1.24. The predicted octanol–water partition coefficient (Wildman–Crippen LogP) is 3.83. The van der Waals surface area contributed by atoms with Crippen LogP contribution in [0.25, 0.3) is 10.9 Å². The van der Waals surface area contributed by atoms with E-state index in [-0.39, 0.29) is 0 Å². The lowest BCUT2D eigenvalue weighted by Gasteiger charge is -2.06. The molecule has 0 amide bonds. The number of hydrogen-bond acceptors (Lipinski definition) is 1. The van der Waals surface area contributed by atoms with E-state index in [0.29, 0.717) is 6.61 Å². The lowest BCUT2D eigenvalue weighted by molar-refractivity contribution is -0.366. The smallest absolute Gasteiger partial charge is 0.489 e. The number of hydrogen-bond donors (Lipinski definition) is 2. The van der Waals surface area contributed by atoms with Crippen molar-refractivity contribution in [3.63, 3.8) is 0 Å². The standard InChI is InChI=1S/C17H18N2O.BF4/c18-9-8-14-11-19-17-7-6-15(10-16(14)17)20-12-13-4-2-1-3-5-13;2-1(3,4)5/h1-7,10-11,19H,8-9,12,18H2;/q;-1/p+1. The van der Waals surface area contributed by atoms with E-state index >= 15 is 0 Å². The normalized spacial score (nSPS) is 11.1. The average Bonchev–Trinajstić information content (AvgIpc) is 2.95. The number of ether oxygens (including phenoxy) is 1. The Balaban J connectivity index is 0.000000399. The first-order valence-electron chi connectivity index (χ1n) is 7.80. The Morgan fingerprint density at radius 1 is 1.00 bits per heavy atom. The number of benzene rings is 2. The first-order valence-corrected chi connectivity index (χ1v) is 7.80. The maximum Gasteiger partial charge on any atom is 0.673 e. The first kappa shape index (κ1) is 18.9. The van der Waals surface area contributed by atoms with Crippen molar-refractivity contribution in [2.75, 3.05) is 6.54 Å². The molecule has 0 radical (unpaired) electrons. The fraction of sp³-hybridized carbons (Fsp3) is 0.176. The second-order valence-corrected chi connectivity index (χ2v) is 5.39. The number of halogens is 4. The lowest BCUT2D eigenvalue weighted by atomic mass is 10.1. The van der Waals surface area contributed by atoms with Crippen LogP contribution in [0.2, 0.25) is 0 Å². The number of quaternary nitrogens is 1. The van der Waals surface area contributed by atoms with Gasteiger partial charge < -0.3 is 32.7 Å². The van der Waals surface area contributed by atoms with Gasteiger partial charge in [0.05, 0.1) is 6.54 Å². The second-order valence-electron chi connectivity index (χ2n) is 5.39. The summed E-state index contributed by atoms with van der Waals surface area (Å²) in [6.07, 6.45) is 3.05. The van der Waals surface area contributed by atoms with Gasteiger partial charge in [-0.25, -0.2) is 0 Å². The van der Waals surface area contributed by atoms with Crippen molar-refractivity contribution in [3.8, 4) is 5.75 Å². The van der Waals surface area contributed by atoms with E-state index in [1.54, 1.807) is 0 Å². The summed E-state index contributed by atoms with van der Waals surface area (Å²) in [6.45, 7) is 1.50. The van der Waals surface area contributed by atoms with Crippen LogP contribution >= 0.6 is 0 Å². The summed E-state index contributed by atoms with van der Waals surface area (Å²) in [5.74, 6) is 0.909. The van der Waals surface area contributed by atoms with Gasteiger partial charge >= 0.3 is 7.25 Å². The van der Waals surface area contributed by atoms with Gasteiger partial charge in [-0.3, -0.25) is 0 Å². The van der Waals surface area contributed by atoms with Crippen LogP contribution in [-0.4, -0.2) is 18.8 Å². The lowest BCUT2D eigenvalue weighted by Crippen LogP contribution is -2.51. The number of aromatic nitrogens is 1. The van der Waals surface area contributed by atoms with Gasteiger partial charge in [-0.2, -0.15) is 0 Å². The summed E-state index contributed by atoms with van der Waals surface area (Å²) < 4.78 is 44.9. The molecule has 3 aromatic rings. The van der Waals surface area contributed by atoms with Crippen molar-refractivity contribution < 1.29 is 27.7 Å². The molecule has 0 atom stereocenters. The van der Waals surface area contributed by atoms with Crippen LogP contribution in [0.5, 0.6) is 5.75 Å². The third kappa shape index (κ3) is 6.50. The molecular weight excluding hydrogens is 335 g/mol. The van der Waals surface area contributed by atoms with Gasteiger partial charge in [0.25, 0.3) is 0 Å². The minimum absolute atomic E-state index is 0.599. The Bertz CT molecular complexity index is 784. The fourth-order valence-electron chi connectivity index (χ4n) is 2.39. The largest absolute Gasteiger partial charge is 0.673 e. The number of fused-ring (bicyclic) bond motifs is 1. The van der Waals surface area contributed by atoms with E-state index in [0.717, 1.165) is 24.2 Å². The van der Waals surface area contributed by atoms with E-state index in [9.17, 15) is 17.3 Å². The van der Waals surface area contributed by atoms with Crippen LogP contribution in [0.3, 0.4) is 0 Å². The van der Waals surface area contributed by atoms with Crippen LogP contribution in [0.4, 0.5) is 17.3 Å². The minimum atomic E-state index is -6.00. The highest BCUT2D eigenvalue weighted by Crippen LogP contribution is 2.24. The monoisotopic (exact) mass is 354 g/mol. The molecule has 3 rings (SSSR count). The van der Waals surface area contributed by atoms with Crippen molar-refractivity contribution in [1.82, 2.24) is 4.98 Å². The van der Waals surface area contributed by atoms with Gasteiger partial charge in [0.1, 0.15) is 12.4 Å². The highest BCUT2D eigenvalue weighted by atomic mass is 19.5. The molecule has 3 nitrogen and oxygen atoms in total. The summed E-state index contributed by atoms with van der Waals surface area (Å²) in [5.41, 5.74) is 7.56. The van der Waals surface area contributed by atoms with Crippen LogP contribution in [0.15, 0.2) is 54.7 Å². The Kier molecular flexibility index (Phi) is 6.47. The molecule has 0 saturated heterocycles. The molecule has 134 valence electrons. The predicted molar refractivity (Wildman–Crippen MR) is 90.7 cm³/mol. The molecule has 0 bridgehead atoms. The molecular formula is C17H19BF4N2O.